The highest BCUT2D eigenvalue weighted by Crippen LogP contribution is 2.22. The van der Waals surface area contributed by atoms with Crippen molar-refractivity contribution in [1.82, 2.24) is 5.32 Å². The van der Waals surface area contributed by atoms with Crippen LogP contribution in [0.5, 0.6) is 0 Å². The summed E-state index contributed by atoms with van der Waals surface area (Å²) in [7, 11) is 0. The molecule has 0 fully saturated rings. The van der Waals surface area contributed by atoms with Gasteiger partial charge in [0.1, 0.15) is 0 Å². The quantitative estimate of drug-likeness (QED) is 0.724. The Hall–Kier alpha value is -1.30. The van der Waals surface area contributed by atoms with Gasteiger partial charge in [-0.3, -0.25) is 9.59 Å². The van der Waals surface area contributed by atoms with E-state index in [0.717, 1.165) is 6.42 Å². The number of rotatable bonds is 5. The van der Waals surface area contributed by atoms with Gasteiger partial charge in [-0.25, -0.2) is 0 Å². The Morgan fingerprint density at radius 2 is 1.76 bits per heavy atom. The molecule has 0 saturated carbocycles. The first-order valence-electron chi connectivity index (χ1n) is 6.56. The first-order valence-corrected chi connectivity index (χ1v) is 7.32. The molecule has 1 aromatic carbocycles. The molecule has 1 rings (SSSR count). The van der Waals surface area contributed by atoms with Gasteiger partial charge in [-0.05, 0) is 24.1 Å². The van der Waals surface area contributed by atoms with E-state index in [9.17, 15) is 14.7 Å². The highest BCUT2D eigenvalue weighted by molar-refractivity contribution is 6.40. The number of benzene rings is 1. The SMILES string of the molecule is CCC(C)C(O)CNC(=O)C(=O)Nc1cc(Cl)cc(Cl)c1. The van der Waals surface area contributed by atoms with Gasteiger partial charge < -0.3 is 15.7 Å². The summed E-state index contributed by atoms with van der Waals surface area (Å²) >= 11 is 11.6. The highest BCUT2D eigenvalue weighted by atomic mass is 35.5. The highest BCUT2D eigenvalue weighted by Gasteiger charge is 2.18. The third-order valence-corrected chi connectivity index (χ3v) is 3.54. The molecule has 5 nitrogen and oxygen atoms in total. The molecule has 0 saturated heterocycles. The summed E-state index contributed by atoms with van der Waals surface area (Å²) in [4.78, 5) is 23.3. The summed E-state index contributed by atoms with van der Waals surface area (Å²) in [6.07, 6.45) is 0.0944. The summed E-state index contributed by atoms with van der Waals surface area (Å²) in [5.41, 5.74) is 0.329. The molecule has 0 aromatic heterocycles. The van der Waals surface area contributed by atoms with Crippen LogP contribution in [0.15, 0.2) is 18.2 Å². The number of amides is 2. The van der Waals surface area contributed by atoms with Crippen LogP contribution in [0.25, 0.3) is 0 Å². The van der Waals surface area contributed by atoms with E-state index in [4.69, 9.17) is 23.2 Å². The molecular weight excluding hydrogens is 315 g/mol. The molecule has 0 radical (unpaired) electrons. The fourth-order valence-electron chi connectivity index (χ4n) is 1.56. The predicted molar refractivity (Wildman–Crippen MR) is 83.6 cm³/mol. The van der Waals surface area contributed by atoms with Crippen molar-refractivity contribution >= 4 is 40.7 Å². The number of hydrogen-bond acceptors (Lipinski definition) is 3. The molecule has 2 atom stereocenters. The summed E-state index contributed by atoms with van der Waals surface area (Å²) in [5, 5.41) is 15.2. The average molecular weight is 333 g/mol. The molecule has 3 N–H and O–H groups in total. The first-order chi connectivity index (χ1) is 9.83. The van der Waals surface area contributed by atoms with Crippen molar-refractivity contribution in [3.8, 4) is 0 Å². The Balaban J connectivity index is 2.53. The van der Waals surface area contributed by atoms with Crippen molar-refractivity contribution in [3.05, 3.63) is 28.2 Å². The topological polar surface area (TPSA) is 78.4 Å². The second kappa shape index (κ2) is 8.22. The molecule has 0 bridgehead atoms. The lowest BCUT2D eigenvalue weighted by molar-refractivity contribution is -0.136. The van der Waals surface area contributed by atoms with E-state index in [1.165, 1.54) is 18.2 Å². The zero-order valence-corrected chi connectivity index (χ0v) is 13.3. The molecular formula is C14H18Cl2N2O3. The fraction of sp³-hybridized carbons (Fsp3) is 0.429. The van der Waals surface area contributed by atoms with Crippen LogP contribution in [-0.4, -0.2) is 29.6 Å². The lowest BCUT2D eigenvalue weighted by atomic mass is 10.0. The summed E-state index contributed by atoms with van der Waals surface area (Å²) < 4.78 is 0. The number of carbonyl (C=O) groups is 2. The predicted octanol–water partition coefficient (Wildman–Crippen LogP) is 2.46. The number of aliphatic hydroxyl groups is 1. The van der Waals surface area contributed by atoms with Crippen LogP contribution in [-0.2, 0) is 9.59 Å². The van der Waals surface area contributed by atoms with Crippen LogP contribution < -0.4 is 10.6 Å². The van der Waals surface area contributed by atoms with E-state index in [2.05, 4.69) is 10.6 Å². The average Bonchev–Trinajstić information content (AvgIpc) is 2.42. The minimum Gasteiger partial charge on any atom is -0.391 e. The number of nitrogens with one attached hydrogen (secondary N) is 2. The number of hydrogen-bond donors (Lipinski definition) is 3. The Kier molecular flexibility index (Phi) is 6.95. The van der Waals surface area contributed by atoms with E-state index in [1.54, 1.807) is 0 Å². The molecule has 116 valence electrons. The Morgan fingerprint density at radius 3 is 2.29 bits per heavy atom. The second-order valence-corrected chi connectivity index (χ2v) is 5.65. The van der Waals surface area contributed by atoms with Crippen LogP contribution in [0.3, 0.4) is 0 Å². The van der Waals surface area contributed by atoms with Crippen LogP contribution in [0.2, 0.25) is 10.0 Å². The fourth-order valence-corrected chi connectivity index (χ4v) is 2.09. The third kappa shape index (κ3) is 5.91. The Bertz CT molecular complexity index is 503. The normalized spacial score (nSPS) is 13.4. The van der Waals surface area contributed by atoms with Gasteiger partial charge >= 0.3 is 11.8 Å². The maximum Gasteiger partial charge on any atom is 0.313 e. The maximum absolute atomic E-state index is 11.7. The number of anilines is 1. The van der Waals surface area contributed by atoms with Crippen molar-refractivity contribution in [2.75, 3.05) is 11.9 Å². The van der Waals surface area contributed by atoms with Crippen LogP contribution in [0.4, 0.5) is 5.69 Å². The number of aliphatic hydroxyl groups excluding tert-OH is 1. The van der Waals surface area contributed by atoms with Crippen molar-refractivity contribution in [3.63, 3.8) is 0 Å². The molecule has 7 heteroatoms. The minimum atomic E-state index is -0.843. The summed E-state index contributed by atoms with van der Waals surface area (Å²) in [6, 6.07) is 4.47. The van der Waals surface area contributed by atoms with Gasteiger partial charge in [0.25, 0.3) is 0 Å². The van der Waals surface area contributed by atoms with Gasteiger partial charge in [0.15, 0.2) is 0 Å². The zero-order valence-electron chi connectivity index (χ0n) is 11.8. The molecule has 2 amide bonds. The lowest BCUT2D eigenvalue weighted by Crippen LogP contribution is -2.41. The van der Waals surface area contributed by atoms with Crippen LogP contribution >= 0.6 is 23.2 Å². The van der Waals surface area contributed by atoms with Gasteiger partial charge in [0.05, 0.1) is 6.10 Å². The van der Waals surface area contributed by atoms with E-state index >= 15 is 0 Å². The van der Waals surface area contributed by atoms with Gasteiger partial charge in [0.2, 0.25) is 0 Å². The van der Waals surface area contributed by atoms with Gasteiger partial charge in [-0.15, -0.1) is 0 Å². The van der Waals surface area contributed by atoms with Crippen molar-refractivity contribution in [2.24, 2.45) is 5.92 Å². The van der Waals surface area contributed by atoms with Gasteiger partial charge in [-0.1, -0.05) is 43.5 Å². The largest absolute Gasteiger partial charge is 0.391 e. The zero-order chi connectivity index (χ0) is 16.0. The minimum absolute atomic E-state index is 0.0254. The summed E-state index contributed by atoms with van der Waals surface area (Å²) in [5.74, 6) is -1.63. The molecule has 0 aliphatic heterocycles. The summed E-state index contributed by atoms with van der Waals surface area (Å²) in [6.45, 7) is 3.83. The lowest BCUT2D eigenvalue weighted by Gasteiger charge is -2.17. The molecule has 1 aromatic rings. The Morgan fingerprint density at radius 1 is 1.19 bits per heavy atom. The monoisotopic (exact) mass is 332 g/mol. The third-order valence-electron chi connectivity index (χ3n) is 3.10. The molecule has 2 unspecified atom stereocenters. The molecule has 0 spiro atoms. The van der Waals surface area contributed by atoms with E-state index in [1.807, 2.05) is 13.8 Å². The van der Waals surface area contributed by atoms with E-state index in [-0.39, 0.29) is 12.5 Å². The van der Waals surface area contributed by atoms with E-state index in [0.29, 0.717) is 15.7 Å². The smallest absolute Gasteiger partial charge is 0.313 e. The van der Waals surface area contributed by atoms with Crippen LogP contribution in [0, 0.1) is 5.92 Å². The number of halogens is 2. The molecule has 21 heavy (non-hydrogen) atoms. The molecule has 0 heterocycles. The number of carbonyl (C=O) groups excluding carboxylic acids is 2. The van der Waals surface area contributed by atoms with Gasteiger partial charge in [0, 0.05) is 22.3 Å². The van der Waals surface area contributed by atoms with Crippen molar-refractivity contribution in [2.45, 2.75) is 26.4 Å². The van der Waals surface area contributed by atoms with E-state index < -0.39 is 17.9 Å². The second-order valence-electron chi connectivity index (χ2n) is 4.78. The van der Waals surface area contributed by atoms with Crippen molar-refractivity contribution in [1.29, 1.82) is 0 Å². The maximum atomic E-state index is 11.7. The Labute approximate surface area is 133 Å². The first kappa shape index (κ1) is 17.8. The molecule has 0 aliphatic rings. The standard InChI is InChI=1S/C14H18Cl2N2O3/c1-3-8(2)12(19)7-17-13(20)14(21)18-11-5-9(15)4-10(16)6-11/h4-6,8,12,19H,3,7H2,1-2H3,(H,17,20)(H,18,21). The molecule has 0 aliphatic carbocycles. The van der Waals surface area contributed by atoms with Gasteiger partial charge in [-0.2, -0.15) is 0 Å². The van der Waals surface area contributed by atoms with Crippen molar-refractivity contribution < 1.29 is 14.7 Å². The van der Waals surface area contributed by atoms with Crippen LogP contribution in [0.1, 0.15) is 20.3 Å².